The molecule has 0 aliphatic carbocycles. The number of aromatic nitrogens is 1. The second-order valence-corrected chi connectivity index (χ2v) is 3.08. The smallest absolute Gasteiger partial charge is 0.296 e. The van der Waals surface area contributed by atoms with Gasteiger partial charge >= 0.3 is 6.18 Å². The number of carbonyl (C=O) groups is 1. The van der Waals surface area contributed by atoms with E-state index in [1.807, 2.05) is 0 Å². The standard InChI is InChI=1S/C8H3ClF5NO/c9-6-5(8(12,13)14)4(7(10)11)1-3(2-16)15-6/h1-2,7H. The van der Waals surface area contributed by atoms with Crippen LogP contribution in [0.1, 0.15) is 28.0 Å². The summed E-state index contributed by atoms with van der Waals surface area (Å²) in [6, 6.07) is 0.367. The number of hydrogen-bond acceptors (Lipinski definition) is 2. The zero-order valence-electron chi connectivity index (χ0n) is 7.36. The van der Waals surface area contributed by atoms with E-state index >= 15 is 0 Å². The Kier molecular flexibility index (Phi) is 3.47. The third-order valence-corrected chi connectivity index (χ3v) is 1.94. The van der Waals surface area contributed by atoms with Crippen molar-refractivity contribution >= 4 is 17.9 Å². The molecule has 0 atom stereocenters. The topological polar surface area (TPSA) is 30.0 Å². The molecule has 1 aromatic rings. The fourth-order valence-electron chi connectivity index (χ4n) is 1.07. The van der Waals surface area contributed by atoms with Gasteiger partial charge in [0.2, 0.25) is 0 Å². The molecule has 0 amide bonds. The number of rotatable bonds is 2. The fraction of sp³-hybridized carbons (Fsp3) is 0.250. The molecule has 2 nitrogen and oxygen atoms in total. The summed E-state index contributed by atoms with van der Waals surface area (Å²) in [5.41, 5.74) is -3.64. The molecule has 0 fully saturated rings. The van der Waals surface area contributed by atoms with Crippen molar-refractivity contribution in [1.82, 2.24) is 4.98 Å². The Morgan fingerprint density at radius 3 is 2.31 bits per heavy atom. The van der Waals surface area contributed by atoms with Crippen molar-refractivity contribution in [2.75, 3.05) is 0 Å². The summed E-state index contributed by atoms with van der Waals surface area (Å²) < 4.78 is 61.8. The normalized spacial score (nSPS) is 11.9. The highest BCUT2D eigenvalue weighted by Gasteiger charge is 2.39. The van der Waals surface area contributed by atoms with E-state index in [0.717, 1.165) is 0 Å². The van der Waals surface area contributed by atoms with Crippen LogP contribution in [0.3, 0.4) is 0 Å². The highest BCUT2D eigenvalue weighted by molar-refractivity contribution is 6.30. The molecular formula is C8H3ClF5NO. The monoisotopic (exact) mass is 259 g/mol. The quantitative estimate of drug-likeness (QED) is 0.462. The lowest BCUT2D eigenvalue weighted by Crippen LogP contribution is -2.12. The SMILES string of the molecule is O=Cc1cc(C(F)F)c(C(F)(F)F)c(Cl)n1. The zero-order chi connectivity index (χ0) is 12.5. The van der Waals surface area contributed by atoms with Gasteiger partial charge in [-0.15, -0.1) is 0 Å². The summed E-state index contributed by atoms with van der Waals surface area (Å²) in [7, 11) is 0. The molecule has 0 unspecified atom stereocenters. The summed E-state index contributed by atoms with van der Waals surface area (Å²) in [5, 5.41) is -1.16. The molecule has 88 valence electrons. The van der Waals surface area contributed by atoms with Crippen LogP contribution in [-0.4, -0.2) is 11.3 Å². The van der Waals surface area contributed by atoms with Gasteiger partial charge in [0.15, 0.2) is 6.29 Å². The molecule has 0 bridgehead atoms. The first-order valence-corrected chi connectivity index (χ1v) is 4.16. The van der Waals surface area contributed by atoms with E-state index in [0.29, 0.717) is 6.07 Å². The van der Waals surface area contributed by atoms with E-state index in [2.05, 4.69) is 4.98 Å². The number of hydrogen-bond donors (Lipinski definition) is 0. The maximum Gasteiger partial charge on any atom is 0.419 e. The fourth-order valence-corrected chi connectivity index (χ4v) is 1.38. The number of halogens is 6. The first-order valence-electron chi connectivity index (χ1n) is 3.78. The molecule has 1 heterocycles. The largest absolute Gasteiger partial charge is 0.419 e. The van der Waals surface area contributed by atoms with Crippen molar-refractivity contribution in [2.45, 2.75) is 12.6 Å². The Hall–Kier alpha value is -1.24. The van der Waals surface area contributed by atoms with Crippen LogP contribution >= 0.6 is 11.6 Å². The Balaban J connectivity index is 3.52. The molecule has 0 aliphatic heterocycles. The van der Waals surface area contributed by atoms with Gasteiger partial charge in [-0.3, -0.25) is 4.79 Å². The van der Waals surface area contributed by atoms with Gasteiger partial charge in [0, 0.05) is 5.56 Å². The van der Waals surface area contributed by atoms with Gasteiger partial charge in [-0.1, -0.05) is 11.6 Å². The molecule has 8 heteroatoms. The number of alkyl halides is 5. The van der Waals surface area contributed by atoms with Crippen LogP contribution in [0, 0.1) is 0 Å². The molecule has 16 heavy (non-hydrogen) atoms. The van der Waals surface area contributed by atoms with E-state index in [4.69, 9.17) is 11.6 Å². The predicted molar refractivity (Wildman–Crippen MR) is 44.6 cm³/mol. The molecule has 0 saturated heterocycles. The average Bonchev–Trinajstić information content (AvgIpc) is 2.14. The van der Waals surface area contributed by atoms with Crippen molar-refractivity contribution in [3.8, 4) is 0 Å². The Morgan fingerprint density at radius 1 is 1.38 bits per heavy atom. The van der Waals surface area contributed by atoms with Crippen molar-refractivity contribution in [3.63, 3.8) is 0 Å². The lowest BCUT2D eigenvalue weighted by Gasteiger charge is -2.13. The maximum atomic E-state index is 12.4. The highest BCUT2D eigenvalue weighted by atomic mass is 35.5. The molecular weight excluding hydrogens is 257 g/mol. The van der Waals surface area contributed by atoms with E-state index in [1.54, 1.807) is 0 Å². The van der Waals surface area contributed by atoms with Crippen LogP contribution in [0.25, 0.3) is 0 Å². The van der Waals surface area contributed by atoms with Gasteiger partial charge in [0.05, 0.1) is 0 Å². The van der Waals surface area contributed by atoms with Crippen molar-refractivity contribution in [1.29, 1.82) is 0 Å². The van der Waals surface area contributed by atoms with Crippen LogP contribution in [-0.2, 0) is 6.18 Å². The Bertz CT molecular complexity index is 418. The van der Waals surface area contributed by atoms with Crippen LogP contribution in [0.4, 0.5) is 22.0 Å². The molecule has 0 spiro atoms. The second kappa shape index (κ2) is 4.32. The first kappa shape index (κ1) is 12.8. The molecule has 0 aliphatic rings. The van der Waals surface area contributed by atoms with Gasteiger partial charge in [-0.05, 0) is 6.07 Å². The summed E-state index contributed by atoms with van der Waals surface area (Å²) in [6.45, 7) is 0. The molecule has 0 saturated carbocycles. The van der Waals surface area contributed by atoms with E-state index in [-0.39, 0.29) is 6.29 Å². The summed E-state index contributed by atoms with van der Waals surface area (Å²) >= 11 is 5.12. The molecule has 1 rings (SSSR count). The zero-order valence-corrected chi connectivity index (χ0v) is 8.11. The molecule has 1 aromatic heterocycles. The Morgan fingerprint density at radius 2 is 1.94 bits per heavy atom. The van der Waals surface area contributed by atoms with Crippen molar-refractivity contribution in [3.05, 3.63) is 28.0 Å². The summed E-state index contributed by atoms with van der Waals surface area (Å²) in [4.78, 5) is 13.3. The minimum atomic E-state index is -5.04. The average molecular weight is 260 g/mol. The van der Waals surface area contributed by atoms with Crippen molar-refractivity contribution < 1.29 is 26.7 Å². The van der Waals surface area contributed by atoms with Gasteiger partial charge < -0.3 is 0 Å². The van der Waals surface area contributed by atoms with Crippen LogP contribution in [0.15, 0.2) is 6.07 Å². The lowest BCUT2D eigenvalue weighted by molar-refractivity contribution is -0.139. The molecule has 0 N–H and O–H groups in total. The number of pyridine rings is 1. The number of nitrogens with zero attached hydrogens (tertiary/aromatic N) is 1. The summed E-state index contributed by atoms with van der Waals surface area (Å²) in [6.07, 6.45) is -8.40. The minimum Gasteiger partial charge on any atom is -0.296 e. The molecule has 0 aromatic carbocycles. The van der Waals surface area contributed by atoms with Crippen LogP contribution in [0.5, 0.6) is 0 Å². The maximum absolute atomic E-state index is 12.4. The third kappa shape index (κ3) is 2.46. The van der Waals surface area contributed by atoms with Gasteiger partial charge in [-0.25, -0.2) is 13.8 Å². The van der Waals surface area contributed by atoms with E-state index in [1.165, 1.54) is 0 Å². The highest BCUT2D eigenvalue weighted by Crippen LogP contribution is 2.39. The number of carbonyl (C=O) groups excluding carboxylic acids is 1. The van der Waals surface area contributed by atoms with Crippen LogP contribution in [0.2, 0.25) is 5.15 Å². The number of aldehydes is 1. The molecule has 0 radical (unpaired) electrons. The first-order chi connectivity index (χ1) is 7.27. The van der Waals surface area contributed by atoms with Crippen LogP contribution < -0.4 is 0 Å². The lowest BCUT2D eigenvalue weighted by atomic mass is 10.1. The van der Waals surface area contributed by atoms with Gasteiger partial charge in [-0.2, -0.15) is 13.2 Å². The predicted octanol–water partition coefficient (Wildman–Crippen LogP) is 3.50. The minimum absolute atomic E-state index is 0.0396. The van der Waals surface area contributed by atoms with E-state index in [9.17, 15) is 26.7 Å². The van der Waals surface area contributed by atoms with E-state index < -0.39 is 34.6 Å². The van der Waals surface area contributed by atoms with Gasteiger partial charge in [0.25, 0.3) is 6.43 Å². The summed E-state index contributed by atoms with van der Waals surface area (Å²) in [5.74, 6) is 0. The van der Waals surface area contributed by atoms with Gasteiger partial charge in [0.1, 0.15) is 16.4 Å². The second-order valence-electron chi connectivity index (χ2n) is 2.72. The van der Waals surface area contributed by atoms with Crippen molar-refractivity contribution in [2.24, 2.45) is 0 Å². The third-order valence-electron chi connectivity index (χ3n) is 1.66. The Labute approximate surface area is 91.0 Å².